The minimum atomic E-state index is -0.271. The van der Waals surface area contributed by atoms with Crippen molar-refractivity contribution in [2.75, 3.05) is 51.2 Å². The third kappa shape index (κ3) is 2.59. The minimum absolute atomic E-state index is 0.178. The summed E-state index contributed by atoms with van der Waals surface area (Å²) in [6.45, 7) is 5.82. The highest BCUT2D eigenvalue weighted by atomic mass is 16.6. The molecular formula is C17H21N5O2. The van der Waals surface area contributed by atoms with Crippen molar-refractivity contribution in [2.45, 2.75) is 6.04 Å². The quantitative estimate of drug-likeness (QED) is 0.630. The fourth-order valence-electron chi connectivity index (χ4n) is 3.80. The summed E-state index contributed by atoms with van der Waals surface area (Å²) in [5.74, 6) is 0. The number of piperazine rings is 1. The van der Waals surface area contributed by atoms with Gasteiger partial charge in [-0.05, 0) is 31.3 Å². The van der Waals surface area contributed by atoms with Crippen molar-refractivity contribution < 1.29 is 4.92 Å². The van der Waals surface area contributed by atoms with Gasteiger partial charge in [0, 0.05) is 51.5 Å². The summed E-state index contributed by atoms with van der Waals surface area (Å²) in [5.41, 5.74) is 1.56. The maximum atomic E-state index is 11.7. The number of aromatic nitrogens is 1. The zero-order valence-corrected chi connectivity index (χ0v) is 13.8. The van der Waals surface area contributed by atoms with Crippen LogP contribution in [0.3, 0.4) is 0 Å². The lowest BCUT2D eigenvalue weighted by Crippen LogP contribution is -2.62. The van der Waals surface area contributed by atoms with Crippen molar-refractivity contribution in [3.63, 3.8) is 0 Å². The van der Waals surface area contributed by atoms with E-state index < -0.39 is 0 Å². The van der Waals surface area contributed by atoms with E-state index in [1.807, 2.05) is 12.1 Å². The molecule has 0 amide bonds. The van der Waals surface area contributed by atoms with E-state index in [0.717, 1.165) is 39.3 Å². The first kappa shape index (κ1) is 15.3. The predicted octanol–water partition coefficient (Wildman–Crippen LogP) is 1.58. The molecule has 3 heterocycles. The molecule has 126 valence electrons. The lowest BCUT2D eigenvalue weighted by atomic mass is 10.1. The molecule has 0 atom stereocenters. The van der Waals surface area contributed by atoms with Crippen LogP contribution in [0.1, 0.15) is 0 Å². The van der Waals surface area contributed by atoms with Crippen molar-refractivity contribution in [2.24, 2.45) is 0 Å². The van der Waals surface area contributed by atoms with E-state index in [4.69, 9.17) is 0 Å². The van der Waals surface area contributed by atoms with Crippen LogP contribution in [0.15, 0.2) is 30.5 Å². The van der Waals surface area contributed by atoms with Crippen LogP contribution in [0.4, 0.5) is 11.4 Å². The second-order valence-corrected chi connectivity index (χ2v) is 6.66. The van der Waals surface area contributed by atoms with Crippen LogP contribution in [0, 0.1) is 10.1 Å². The summed E-state index contributed by atoms with van der Waals surface area (Å²) in [5, 5.41) is 12.3. The van der Waals surface area contributed by atoms with Crippen molar-refractivity contribution in [3.05, 3.63) is 40.6 Å². The zero-order valence-electron chi connectivity index (χ0n) is 13.8. The van der Waals surface area contributed by atoms with Gasteiger partial charge in [0.15, 0.2) is 0 Å². The fourth-order valence-corrected chi connectivity index (χ4v) is 3.80. The summed E-state index contributed by atoms with van der Waals surface area (Å²) in [4.78, 5) is 22.6. The summed E-state index contributed by atoms with van der Waals surface area (Å²) in [6.07, 6.45) is 1.67. The van der Waals surface area contributed by atoms with E-state index in [2.05, 4.69) is 26.7 Å². The number of nitrogens with zero attached hydrogens (tertiary/aromatic N) is 5. The Morgan fingerprint density at radius 3 is 2.58 bits per heavy atom. The Morgan fingerprint density at radius 1 is 1.17 bits per heavy atom. The number of likely N-dealkylation sites (tertiary alicyclic amines) is 1. The molecule has 0 radical (unpaired) electrons. The molecule has 7 heteroatoms. The first-order chi connectivity index (χ1) is 11.6. The SMILES string of the molecule is CN1CC(N2CCN(c3ccc4ncccc4c3[N+](=O)[O-])CC2)C1. The van der Waals surface area contributed by atoms with Gasteiger partial charge in [-0.15, -0.1) is 0 Å². The smallest absolute Gasteiger partial charge is 0.301 e. The van der Waals surface area contributed by atoms with Gasteiger partial charge in [0.25, 0.3) is 0 Å². The van der Waals surface area contributed by atoms with Gasteiger partial charge in [0.2, 0.25) is 0 Å². The maximum absolute atomic E-state index is 11.7. The molecule has 1 aromatic heterocycles. The molecule has 0 N–H and O–H groups in total. The molecular weight excluding hydrogens is 306 g/mol. The number of pyridine rings is 1. The number of benzene rings is 1. The topological polar surface area (TPSA) is 65.8 Å². The Morgan fingerprint density at radius 2 is 1.92 bits per heavy atom. The molecule has 2 aliphatic heterocycles. The van der Waals surface area contributed by atoms with E-state index in [1.54, 1.807) is 18.3 Å². The molecule has 4 rings (SSSR count). The summed E-state index contributed by atoms with van der Waals surface area (Å²) in [7, 11) is 2.14. The average molecular weight is 327 g/mol. The molecule has 0 unspecified atom stereocenters. The van der Waals surface area contributed by atoms with Crippen LogP contribution < -0.4 is 4.90 Å². The van der Waals surface area contributed by atoms with Crippen LogP contribution in [-0.2, 0) is 0 Å². The molecule has 7 nitrogen and oxygen atoms in total. The number of anilines is 1. The van der Waals surface area contributed by atoms with Gasteiger partial charge in [-0.1, -0.05) is 0 Å². The lowest BCUT2D eigenvalue weighted by molar-refractivity contribution is -0.382. The molecule has 0 spiro atoms. The van der Waals surface area contributed by atoms with Crippen molar-refractivity contribution >= 4 is 22.3 Å². The molecule has 1 aromatic carbocycles. The van der Waals surface area contributed by atoms with Gasteiger partial charge in [0.05, 0.1) is 15.8 Å². The number of hydrogen-bond donors (Lipinski definition) is 0. The van der Waals surface area contributed by atoms with E-state index >= 15 is 0 Å². The molecule has 0 aliphatic carbocycles. The Bertz CT molecular complexity index is 767. The van der Waals surface area contributed by atoms with Crippen molar-refractivity contribution in [1.82, 2.24) is 14.8 Å². The Kier molecular flexibility index (Phi) is 3.82. The first-order valence-electron chi connectivity index (χ1n) is 8.33. The highest BCUT2D eigenvalue weighted by molar-refractivity contribution is 5.94. The molecule has 2 saturated heterocycles. The van der Waals surface area contributed by atoms with Crippen LogP contribution >= 0.6 is 0 Å². The molecule has 2 aromatic rings. The highest BCUT2D eigenvalue weighted by Gasteiger charge is 2.33. The van der Waals surface area contributed by atoms with Gasteiger partial charge in [-0.2, -0.15) is 0 Å². The Hall–Kier alpha value is -2.25. The van der Waals surface area contributed by atoms with Gasteiger partial charge in [-0.25, -0.2) is 0 Å². The zero-order chi connectivity index (χ0) is 16.7. The molecule has 2 aliphatic rings. The third-order valence-corrected chi connectivity index (χ3v) is 5.13. The fraction of sp³-hybridized carbons (Fsp3) is 0.471. The predicted molar refractivity (Wildman–Crippen MR) is 93.5 cm³/mol. The van der Waals surface area contributed by atoms with Crippen LogP contribution in [0.2, 0.25) is 0 Å². The van der Waals surface area contributed by atoms with Crippen LogP contribution in [-0.4, -0.2) is 72.1 Å². The number of likely N-dealkylation sites (N-methyl/N-ethyl adjacent to an activating group) is 1. The van der Waals surface area contributed by atoms with E-state index in [1.165, 1.54) is 0 Å². The standard InChI is InChI=1S/C17H21N5O2/c1-19-11-13(12-19)20-7-9-21(10-8-20)16-5-4-15-14(3-2-6-18-15)17(16)22(23)24/h2-6,13H,7-12H2,1H3. The van der Waals surface area contributed by atoms with Crippen molar-refractivity contribution in [3.8, 4) is 0 Å². The molecule has 0 bridgehead atoms. The number of hydrogen-bond acceptors (Lipinski definition) is 6. The normalized spacial score (nSPS) is 20.3. The largest absolute Gasteiger partial charge is 0.363 e. The van der Waals surface area contributed by atoms with E-state index in [0.29, 0.717) is 22.6 Å². The number of nitro benzene ring substituents is 1. The van der Waals surface area contributed by atoms with E-state index in [-0.39, 0.29) is 10.6 Å². The second kappa shape index (κ2) is 5.99. The Balaban J connectivity index is 1.58. The third-order valence-electron chi connectivity index (χ3n) is 5.13. The summed E-state index contributed by atoms with van der Waals surface area (Å²) >= 11 is 0. The molecule has 24 heavy (non-hydrogen) atoms. The number of rotatable bonds is 3. The molecule has 0 saturated carbocycles. The van der Waals surface area contributed by atoms with E-state index in [9.17, 15) is 10.1 Å². The van der Waals surface area contributed by atoms with Gasteiger partial charge in [-0.3, -0.25) is 20.0 Å². The summed E-state index contributed by atoms with van der Waals surface area (Å²) in [6, 6.07) is 7.91. The Labute approximate surface area is 140 Å². The van der Waals surface area contributed by atoms with Gasteiger partial charge in [0.1, 0.15) is 5.69 Å². The van der Waals surface area contributed by atoms with Crippen LogP contribution in [0.5, 0.6) is 0 Å². The minimum Gasteiger partial charge on any atom is -0.363 e. The number of nitro groups is 1. The maximum Gasteiger partial charge on any atom is 0.301 e. The van der Waals surface area contributed by atoms with Gasteiger partial charge < -0.3 is 9.80 Å². The highest BCUT2D eigenvalue weighted by Crippen LogP contribution is 2.35. The van der Waals surface area contributed by atoms with Gasteiger partial charge >= 0.3 is 5.69 Å². The monoisotopic (exact) mass is 327 g/mol. The second-order valence-electron chi connectivity index (χ2n) is 6.66. The lowest BCUT2D eigenvalue weighted by Gasteiger charge is -2.47. The first-order valence-corrected chi connectivity index (χ1v) is 8.33. The average Bonchev–Trinajstić information content (AvgIpc) is 2.58. The number of fused-ring (bicyclic) bond motifs is 1. The molecule has 2 fully saturated rings. The van der Waals surface area contributed by atoms with Crippen LogP contribution in [0.25, 0.3) is 10.9 Å². The van der Waals surface area contributed by atoms with Crippen molar-refractivity contribution in [1.29, 1.82) is 0 Å². The summed E-state index contributed by atoms with van der Waals surface area (Å²) < 4.78 is 0.